The van der Waals surface area contributed by atoms with Crippen LogP contribution in [0.1, 0.15) is 17.2 Å². The fourth-order valence-electron chi connectivity index (χ4n) is 1.90. The highest BCUT2D eigenvalue weighted by Crippen LogP contribution is 2.17. The zero-order valence-corrected chi connectivity index (χ0v) is 11.4. The average molecular weight is 293 g/mol. The molecule has 5 heteroatoms. The first-order valence-electron chi connectivity index (χ1n) is 6.09. The van der Waals surface area contributed by atoms with E-state index >= 15 is 0 Å². The van der Waals surface area contributed by atoms with Gasteiger partial charge < -0.3 is 5.73 Å². The van der Waals surface area contributed by atoms with Gasteiger partial charge in [0.1, 0.15) is 11.9 Å². The summed E-state index contributed by atoms with van der Waals surface area (Å²) in [6.45, 7) is 0.364. The quantitative estimate of drug-likeness (QED) is 0.890. The third-order valence-electron chi connectivity index (χ3n) is 2.91. The van der Waals surface area contributed by atoms with Crippen LogP contribution in [-0.2, 0) is 11.3 Å². The first-order chi connectivity index (χ1) is 9.58. The van der Waals surface area contributed by atoms with E-state index in [4.69, 9.17) is 17.3 Å². The molecule has 1 amide bonds. The molecule has 1 unspecified atom stereocenters. The number of nitrogens with one attached hydrogen (secondary N) is 1. The molecule has 0 heterocycles. The van der Waals surface area contributed by atoms with Gasteiger partial charge >= 0.3 is 0 Å². The lowest BCUT2D eigenvalue weighted by atomic mass is 10.1. The monoisotopic (exact) mass is 292 g/mol. The summed E-state index contributed by atoms with van der Waals surface area (Å²) >= 11 is 5.71. The molecule has 3 nitrogen and oxygen atoms in total. The number of primary amides is 1. The molecule has 0 aliphatic heterocycles. The average Bonchev–Trinajstić information content (AvgIpc) is 2.44. The summed E-state index contributed by atoms with van der Waals surface area (Å²) < 4.78 is 13.1. The summed E-state index contributed by atoms with van der Waals surface area (Å²) in [6, 6.07) is 13.0. The van der Waals surface area contributed by atoms with E-state index in [-0.39, 0.29) is 5.02 Å². The van der Waals surface area contributed by atoms with Crippen molar-refractivity contribution in [1.29, 1.82) is 0 Å². The van der Waals surface area contributed by atoms with Crippen molar-refractivity contribution < 1.29 is 9.18 Å². The second-order valence-electron chi connectivity index (χ2n) is 4.38. The minimum atomic E-state index is -0.597. The van der Waals surface area contributed by atoms with E-state index in [0.717, 1.165) is 11.1 Å². The fraction of sp³-hybridized carbons (Fsp3) is 0.133. The SMILES string of the molecule is NC(=O)C(NCc1ccc(F)c(Cl)c1)c1ccccc1. The van der Waals surface area contributed by atoms with E-state index in [0.29, 0.717) is 6.54 Å². The number of halogens is 2. The number of hydrogen-bond acceptors (Lipinski definition) is 2. The zero-order valence-electron chi connectivity index (χ0n) is 10.6. The van der Waals surface area contributed by atoms with Gasteiger partial charge in [-0.3, -0.25) is 10.1 Å². The van der Waals surface area contributed by atoms with Crippen LogP contribution in [0.2, 0.25) is 5.02 Å². The van der Waals surface area contributed by atoms with E-state index in [1.807, 2.05) is 30.3 Å². The highest BCUT2D eigenvalue weighted by Gasteiger charge is 2.16. The minimum Gasteiger partial charge on any atom is -0.368 e. The summed E-state index contributed by atoms with van der Waals surface area (Å²) in [5, 5.41) is 3.10. The minimum absolute atomic E-state index is 0.0552. The van der Waals surface area contributed by atoms with Crippen LogP contribution < -0.4 is 11.1 Å². The van der Waals surface area contributed by atoms with Crippen molar-refractivity contribution in [1.82, 2.24) is 5.32 Å². The van der Waals surface area contributed by atoms with Crippen LogP contribution in [0.25, 0.3) is 0 Å². The van der Waals surface area contributed by atoms with Gasteiger partial charge in [-0.1, -0.05) is 48.0 Å². The number of carbonyl (C=O) groups excluding carboxylic acids is 1. The molecule has 104 valence electrons. The van der Waals surface area contributed by atoms with Crippen molar-refractivity contribution in [2.45, 2.75) is 12.6 Å². The normalized spacial score (nSPS) is 12.1. The van der Waals surface area contributed by atoms with Gasteiger partial charge in [-0.2, -0.15) is 0 Å². The van der Waals surface area contributed by atoms with Gasteiger partial charge in [-0.25, -0.2) is 4.39 Å². The maximum absolute atomic E-state index is 13.1. The molecule has 0 aromatic heterocycles. The zero-order chi connectivity index (χ0) is 14.5. The Balaban J connectivity index is 2.10. The van der Waals surface area contributed by atoms with E-state index < -0.39 is 17.8 Å². The van der Waals surface area contributed by atoms with Crippen LogP contribution in [-0.4, -0.2) is 5.91 Å². The first kappa shape index (κ1) is 14.5. The maximum Gasteiger partial charge on any atom is 0.239 e. The van der Waals surface area contributed by atoms with Gasteiger partial charge in [0.2, 0.25) is 5.91 Å². The molecular formula is C15H14ClFN2O. The van der Waals surface area contributed by atoms with Gasteiger partial charge in [0.25, 0.3) is 0 Å². The largest absolute Gasteiger partial charge is 0.368 e. The molecule has 2 aromatic carbocycles. The van der Waals surface area contributed by atoms with Crippen molar-refractivity contribution >= 4 is 17.5 Å². The Hall–Kier alpha value is -1.91. The van der Waals surface area contributed by atoms with E-state index in [2.05, 4.69) is 5.32 Å². The molecule has 0 saturated heterocycles. The number of amides is 1. The summed E-state index contributed by atoms with van der Waals surface area (Å²) in [6.07, 6.45) is 0. The van der Waals surface area contributed by atoms with E-state index in [9.17, 15) is 9.18 Å². The highest BCUT2D eigenvalue weighted by molar-refractivity contribution is 6.30. The lowest BCUT2D eigenvalue weighted by Gasteiger charge is -2.16. The number of hydrogen-bond donors (Lipinski definition) is 2. The molecule has 0 spiro atoms. The van der Waals surface area contributed by atoms with Crippen molar-refractivity contribution in [2.75, 3.05) is 0 Å². The Labute approximate surface area is 121 Å². The molecule has 0 fully saturated rings. The molecule has 0 radical (unpaired) electrons. The van der Waals surface area contributed by atoms with E-state index in [1.165, 1.54) is 12.1 Å². The predicted molar refractivity (Wildman–Crippen MR) is 76.6 cm³/mol. The van der Waals surface area contributed by atoms with Gasteiger partial charge in [0.15, 0.2) is 0 Å². The van der Waals surface area contributed by atoms with Crippen LogP contribution in [0, 0.1) is 5.82 Å². The lowest BCUT2D eigenvalue weighted by Crippen LogP contribution is -2.33. The lowest BCUT2D eigenvalue weighted by molar-refractivity contribution is -0.120. The van der Waals surface area contributed by atoms with Crippen LogP contribution >= 0.6 is 11.6 Å². The van der Waals surface area contributed by atoms with Crippen molar-refractivity contribution in [2.24, 2.45) is 5.73 Å². The van der Waals surface area contributed by atoms with Crippen molar-refractivity contribution in [3.05, 3.63) is 70.5 Å². The first-order valence-corrected chi connectivity index (χ1v) is 6.47. The Morgan fingerprint density at radius 1 is 1.25 bits per heavy atom. The Morgan fingerprint density at radius 3 is 2.55 bits per heavy atom. The van der Waals surface area contributed by atoms with Gasteiger partial charge in [0.05, 0.1) is 5.02 Å². The number of rotatable bonds is 5. The van der Waals surface area contributed by atoms with E-state index in [1.54, 1.807) is 6.07 Å². The topological polar surface area (TPSA) is 55.1 Å². The second-order valence-corrected chi connectivity index (χ2v) is 4.78. The molecule has 0 saturated carbocycles. The van der Waals surface area contributed by atoms with Gasteiger partial charge in [-0.15, -0.1) is 0 Å². The predicted octanol–water partition coefficient (Wildman–Crippen LogP) is 2.80. The van der Waals surface area contributed by atoms with Crippen LogP contribution in [0.5, 0.6) is 0 Å². The van der Waals surface area contributed by atoms with Gasteiger partial charge in [0, 0.05) is 6.54 Å². The number of benzene rings is 2. The Morgan fingerprint density at radius 2 is 1.95 bits per heavy atom. The molecule has 0 aliphatic rings. The molecule has 2 aromatic rings. The van der Waals surface area contributed by atoms with Crippen molar-refractivity contribution in [3.8, 4) is 0 Å². The number of nitrogens with two attached hydrogens (primary N) is 1. The molecular weight excluding hydrogens is 279 g/mol. The molecule has 20 heavy (non-hydrogen) atoms. The highest BCUT2D eigenvalue weighted by atomic mass is 35.5. The smallest absolute Gasteiger partial charge is 0.239 e. The molecule has 2 rings (SSSR count). The standard InChI is InChI=1S/C15H14ClFN2O/c16-12-8-10(6-7-13(12)17)9-19-14(15(18)20)11-4-2-1-3-5-11/h1-8,14,19H,9H2,(H2,18,20). The second kappa shape index (κ2) is 6.50. The molecule has 1 atom stereocenters. The molecule has 0 aliphatic carbocycles. The van der Waals surface area contributed by atoms with Crippen LogP contribution in [0.15, 0.2) is 48.5 Å². The van der Waals surface area contributed by atoms with Crippen LogP contribution in [0.4, 0.5) is 4.39 Å². The number of carbonyl (C=O) groups is 1. The summed E-state index contributed by atoms with van der Waals surface area (Å²) in [5.41, 5.74) is 6.96. The van der Waals surface area contributed by atoms with Gasteiger partial charge in [-0.05, 0) is 23.3 Å². The molecule has 3 N–H and O–H groups in total. The maximum atomic E-state index is 13.1. The fourth-order valence-corrected chi connectivity index (χ4v) is 2.10. The third kappa shape index (κ3) is 3.56. The summed E-state index contributed by atoms with van der Waals surface area (Å²) in [4.78, 5) is 11.5. The Kier molecular flexibility index (Phi) is 4.71. The summed E-state index contributed by atoms with van der Waals surface area (Å²) in [5.74, 6) is -0.936. The molecule has 0 bridgehead atoms. The van der Waals surface area contributed by atoms with Crippen molar-refractivity contribution in [3.63, 3.8) is 0 Å². The Bertz CT molecular complexity index is 604. The van der Waals surface area contributed by atoms with Crippen LogP contribution in [0.3, 0.4) is 0 Å². The third-order valence-corrected chi connectivity index (χ3v) is 3.20. The summed E-state index contributed by atoms with van der Waals surface area (Å²) in [7, 11) is 0.